The maximum Gasteiger partial charge on any atom is 0.0972 e. The van der Waals surface area contributed by atoms with Crippen molar-refractivity contribution in [1.29, 1.82) is 0 Å². The molecule has 1 aliphatic carbocycles. The molecule has 1 heterocycles. The number of nitrogens with zero attached hydrogens (tertiary/aromatic N) is 2. The lowest BCUT2D eigenvalue weighted by atomic mass is 10.1. The Morgan fingerprint density at radius 3 is 2.74 bits per heavy atom. The van der Waals surface area contributed by atoms with E-state index < -0.39 is 0 Å². The zero-order chi connectivity index (χ0) is 13.8. The molecule has 1 aromatic rings. The van der Waals surface area contributed by atoms with Crippen molar-refractivity contribution in [3.05, 3.63) is 11.3 Å². The zero-order valence-electron chi connectivity index (χ0n) is 12.5. The van der Waals surface area contributed by atoms with E-state index in [1.54, 1.807) is 0 Å². The Morgan fingerprint density at radius 1 is 1.42 bits per heavy atom. The maximum absolute atomic E-state index is 6.12. The molecular formula is C15H27N3S. The molecule has 0 amide bonds. The van der Waals surface area contributed by atoms with E-state index in [9.17, 15) is 0 Å². The van der Waals surface area contributed by atoms with Gasteiger partial charge in [0.1, 0.15) is 0 Å². The average Bonchev–Trinajstić information content (AvgIpc) is 2.97. The number of aromatic nitrogens is 2. The first-order valence-corrected chi connectivity index (χ1v) is 8.51. The summed E-state index contributed by atoms with van der Waals surface area (Å²) in [6.07, 6.45) is 7.65. The number of aryl methyl sites for hydroxylation is 2. The first kappa shape index (κ1) is 14.9. The lowest BCUT2D eigenvalue weighted by molar-refractivity contribution is 0.615. The molecule has 0 radical (unpaired) electrons. The van der Waals surface area contributed by atoms with Crippen LogP contribution in [0.1, 0.15) is 50.3 Å². The predicted molar refractivity (Wildman–Crippen MR) is 82.6 cm³/mol. The summed E-state index contributed by atoms with van der Waals surface area (Å²) in [5.74, 6) is 2.15. The highest BCUT2D eigenvalue weighted by molar-refractivity contribution is 7.99. The highest BCUT2D eigenvalue weighted by atomic mass is 32.2. The second-order valence-corrected chi connectivity index (χ2v) is 6.84. The highest BCUT2D eigenvalue weighted by Gasteiger charge is 2.19. The van der Waals surface area contributed by atoms with Crippen LogP contribution in [-0.4, -0.2) is 21.6 Å². The lowest BCUT2D eigenvalue weighted by Gasteiger charge is -2.12. The third kappa shape index (κ3) is 3.76. The molecule has 0 bridgehead atoms. The quantitative estimate of drug-likeness (QED) is 0.814. The van der Waals surface area contributed by atoms with E-state index in [1.807, 2.05) is 16.4 Å². The van der Waals surface area contributed by atoms with Gasteiger partial charge in [0.05, 0.1) is 10.7 Å². The molecule has 1 aliphatic rings. The number of hydrogen-bond donors (Lipinski definition) is 1. The van der Waals surface area contributed by atoms with E-state index in [2.05, 4.69) is 26.0 Å². The summed E-state index contributed by atoms with van der Waals surface area (Å²) in [6.45, 7) is 4.26. The van der Waals surface area contributed by atoms with Crippen LogP contribution < -0.4 is 5.73 Å². The van der Waals surface area contributed by atoms with Crippen molar-refractivity contribution < 1.29 is 0 Å². The van der Waals surface area contributed by atoms with Crippen LogP contribution in [0.25, 0.3) is 0 Å². The van der Waals surface area contributed by atoms with Crippen LogP contribution in [0.15, 0.2) is 5.03 Å². The summed E-state index contributed by atoms with van der Waals surface area (Å²) in [5.41, 5.74) is 8.65. The summed E-state index contributed by atoms with van der Waals surface area (Å²) < 4.78 is 2.05. The summed E-state index contributed by atoms with van der Waals surface area (Å²) in [6, 6.07) is 0.258. The van der Waals surface area contributed by atoms with Gasteiger partial charge < -0.3 is 5.73 Å². The van der Waals surface area contributed by atoms with Gasteiger partial charge in [-0.1, -0.05) is 19.8 Å². The molecule has 0 aliphatic heterocycles. The van der Waals surface area contributed by atoms with Crippen LogP contribution >= 0.6 is 11.8 Å². The van der Waals surface area contributed by atoms with Gasteiger partial charge in [-0.25, -0.2) is 0 Å². The van der Waals surface area contributed by atoms with Crippen molar-refractivity contribution in [2.45, 2.75) is 63.4 Å². The Bertz CT molecular complexity index is 408. The molecule has 0 aromatic carbocycles. The molecule has 1 saturated carbocycles. The monoisotopic (exact) mass is 281 g/mol. The third-order valence-electron chi connectivity index (χ3n) is 4.21. The SMILES string of the molecule is CCC(N)Cc1c(C)nn(C)c1SCC1CCCC1. The first-order chi connectivity index (χ1) is 9.11. The second-order valence-electron chi connectivity index (χ2n) is 5.83. The fraction of sp³-hybridized carbons (Fsp3) is 0.800. The molecule has 1 fully saturated rings. The molecule has 1 atom stereocenters. The smallest absolute Gasteiger partial charge is 0.0972 e. The molecule has 0 spiro atoms. The Kier molecular flexibility index (Phi) is 5.34. The van der Waals surface area contributed by atoms with Crippen LogP contribution in [0, 0.1) is 12.8 Å². The number of rotatable bonds is 6. The van der Waals surface area contributed by atoms with Crippen LogP contribution in [-0.2, 0) is 13.5 Å². The average molecular weight is 281 g/mol. The normalized spacial score (nSPS) is 18.1. The Balaban J connectivity index is 2.04. The molecule has 1 aromatic heterocycles. The van der Waals surface area contributed by atoms with Crippen molar-refractivity contribution in [1.82, 2.24) is 9.78 Å². The summed E-state index contributed by atoms with van der Waals surface area (Å²) in [4.78, 5) is 0. The minimum absolute atomic E-state index is 0.258. The van der Waals surface area contributed by atoms with Gasteiger partial charge in [0.2, 0.25) is 0 Å². The van der Waals surface area contributed by atoms with Crippen molar-refractivity contribution in [3.8, 4) is 0 Å². The van der Waals surface area contributed by atoms with Crippen LogP contribution in [0.4, 0.5) is 0 Å². The van der Waals surface area contributed by atoms with Crippen LogP contribution in [0.2, 0.25) is 0 Å². The highest BCUT2D eigenvalue weighted by Crippen LogP contribution is 2.33. The van der Waals surface area contributed by atoms with Crippen LogP contribution in [0.5, 0.6) is 0 Å². The summed E-state index contributed by atoms with van der Waals surface area (Å²) in [5, 5.41) is 5.92. The number of hydrogen-bond acceptors (Lipinski definition) is 3. The van der Waals surface area contributed by atoms with Crippen molar-refractivity contribution >= 4 is 11.8 Å². The second kappa shape index (κ2) is 6.80. The largest absolute Gasteiger partial charge is 0.327 e. The zero-order valence-corrected chi connectivity index (χ0v) is 13.3. The molecule has 2 N–H and O–H groups in total. The van der Waals surface area contributed by atoms with Gasteiger partial charge in [0.15, 0.2) is 0 Å². The van der Waals surface area contributed by atoms with Gasteiger partial charge >= 0.3 is 0 Å². The molecule has 2 rings (SSSR count). The molecule has 3 nitrogen and oxygen atoms in total. The minimum Gasteiger partial charge on any atom is -0.327 e. The Morgan fingerprint density at radius 2 is 2.11 bits per heavy atom. The van der Waals surface area contributed by atoms with Crippen molar-refractivity contribution in [2.24, 2.45) is 18.7 Å². The number of thioether (sulfide) groups is 1. The molecule has 19 heavy (non-hydrogen) atoms. The van der Waals surface area contributed by atoms with E-state index >= 15 is 0 Å². The minimum atomic E-state index is 0.258. The third-order valence-corrected chi connectivity index (χ3v) is 5.63. The lowest BCUT2D eigenvalue weighted by Crippen LogP contribution is -2.22. The van der Waals surface area contributed by atoms with Gasteiger partial charge in [-0.2, -0.15) is 5.10 Å². The van der Waals surface area contributed by atoms with Gasteiger partial charge in [-0.15, -0.1) is 11.8 Å². The van der Waals surface area contributed by atoms with Gasteiger partial charge in [0, 0.05) is 24.4 Å². The molecule has 4 heteroatoms. The molecule has 1 unspecified atom stereocenters. The van der Waals surface area contributed by atoms with E-state index in [0.29, 0.717) is 0 Å². The van der Waals surface area contributed by atoms with Crippen molar-refractivity contribution in [3.63, 3.8) is 0 Å². The van der Waals surface area contributed by atoms with E-state index in [4.69, 9.17) is 5.73 Å². The fourth-order valence-corrected chi connectivity index (χ4v) is 4.24. The predicted octanol–water partition coefficient (Wildman–Crippen LogP) is 3.29. The number of nitrogens with two attached hydrogens (primary N) is 1. The molecule has 0 saturated heterocycles. The van der Waals surface area contributed by atoms with E-state index in [-0.39, 0.29) is 6.04 Å². The van der Waals surface area contributed by atoms with Gasteiger partial charge in [0.25, 0.3) is 0 Å². The Hall–Kier alpha value is -0.480. The Labute approximate surface area is 121 Å². The summed E-state index contributed by atoms with van der Waals surface area (Å²) in [7, 11) is 2.06. The fourth-order valence-electron chi connectivity index (χ4n) is 2.88. The molecular weight excluding hydrogens is 254 g/mol. The molecule has 108 valence electrons. The van der Waals surface area contributed by atoms with Gasteiger partial charge in [-0.05, 0) is 38.5 Å². The van der Waals surface area contributed by atoms with E-state index in [0.717, 1.165) is 24.5 Å². The van der Waals surface area contributed by atoms with Gasteiger partial charge in [-0.3, -0.25) is 4.68 Å². The maximum atomic E-state index is 6.12. The topological polar surface area (TPSA) is 43.8 Å². The summed E-state index contributed by atoms with van der Waals surface area (Å²) >= 11 is 1.99. The van der Waals surface area contributed by atoms with E-state index in [1.165, 1.54) is 42.0 Å². The van der Waals surface area contributed by atoms with Crippen LogP contribution in [0.3, 0.4) is 0 Å². The first-order valence-electron chi connectivity index (χ1n) is 7.52. The standard InChI is InChI=1S/C15H27N3S/c1-4-13(16)9-14-11(2)17-18(3)15(14)19-10-12-7-5-6-8-12/h12-13H,4-10,16H2,1-3H3. The van der Waals surface area contributed by atoms with Crippen molar-refractivity contribution in [2.75, 3.05) is 5.75 Å².